The summed E-state index contributed by atoms with van der Waals surface area (Å²) in [4.78, 5) is 13.0. The van der Waals surface area contributed by atoms with Crippen molar-refractivity contribution in [2.24, 2.45) is 7.05 Å². The molecule has 7 nitrogen and oxygen atoms in total. The van der Waals surface area contributed by atoms with Gasteiger partial charge in [0.25, 0.3) is 0 Å². The van der Waals surface area contributed by atoms with Gasteiger partial charge in [-0.3, -0.25) is 4.79 Å². The van der Waals surface area contributed by atoms with E-state index in [2.05, 4.69) is 47.6 Å². The number of anilines is 1. The summed E-state index contributed by atoms with van der Waals surface area (Å²) in [6, 6.07) is 27.9. The standard InChI is InChI=1S/C28H26N6OS/c1-19-14-20(2)16-22(15-19)24-17-25(34(32-24)23-12-8-5-9-13-23)29-26(35)18-36-28-31-30-27(33(28)3)21-10-6-4-7-11-21/h4-17H,18H2,1-3H3,(H,29,35). The Morgan fingerprint density at radius 2 is 1.53 bits per heavy atom. The highest BCUT2D eigenvalue weighted by Gasteiger charge is 2.16. The number of nitrogens with zero attached hydrogens (tertiary/aromatic N) is 5. The van der Waals surface area contributed by atoms with Crippen LogP contribution in [0.1, 0.15) is 11.1 Å². The average molecular weight is 495 g/mol. The lowest BCUT2D eigenvalue weighted by Gasteiger charge is -2.09. The van der Waals surface area contributed by atoms with E-state index < -0.39 is 0 Å². The molecular weight excluding hydrogens is 468 g/mol. The molecule has 2 heterocycles. The first-order chi connectivity index (χ1) is 17.5. The van der Waals surface area contributed by atoms with Gasteiger partial charge in [-0.2, -0.15) is 5.10 Å². The molecule has 0 spiro atoms. The second kappa shape index (κ2) is 10.2. The number of carbonyl (C=O) groups excluding carboxylic acids is 1. The van der Waals surface area contributed by atoms with Gasteiger partial charge in [-0.15, -0.1) is 10.2 Å². The van der Waals surface area contributed by atoms with Gasteiger partial charge in [0, 0.05) is 24.2 Å². The SMILES string of the molecule is Cc1cc(C)cc(-c2cc(NC(=O)CSc3nnc(-c4ccccc4)n3C)n(-c3ccccc3)n2)c1. The van der Waals surface area contributed by atoms with Crippen molar-refractivity contribution in [3.05, 3.63) is 96.1 Å². The zero-order chi connectivity index (χ0) is 25.1. The van der Waals surface area contributed by atoms with Crippen LogP contribution in [0, 0.1) is 13.8 Å². The minimum atomic E-state index is -0.145. The molecule has 0 saturated carbocycles. The molecule has 1 N–H and O–H groups in total. The van der Waals surface area contributed by atoms with E-state index in [1.54, 1.807) is 4.68 Å². The summed E-state index contributed by atoms with van der Waals surface area (Å²) in [5.41, 5.74) is 6.00. The third-order valence-electron chi connectivity index (χ3n) is 5.69. The third kappa shape index (κ3) is 5.08. The number of hydrogen-bond donors (Lipinski definition) is 1. The summed E-state index contributed by atoms with van der Waals surface area (Å²) < 4.78 is 3.67. The Bertz CT molecular complexity index is 1490. The van der Waals surface area contributed by atoms with Crippen molar-refractivity contribution in [3.63, 3.8) is 0 Å². The van der Waals surface area contributed by atoms with Crippen LogP contribution in [-0.4, -0.2) is 36.2 Å². The van der Waals surface area contributed by atoms with Crippen molar-refractivity contribution in [2.75, 3.05) is 11.1 Å². The second-order valence-corrected chi connectivity index (χ2v) is 9.55. The highest BCUT2D eigenvalue weighted by atomic mass is 32.2. The molecule has 180 valence electrons. The Morgan fingerprint density at radius 1 is 0.861 bits per heavy atom. The van der Waals surface area contributed by atoms with E-state index in [1.807, 2.05) is 78.3 Å². The summed E-state index contributed by atoms with van der Waals surface area (Å²) in [5, 5.41) is 17.1. The quantitative estimate of drug-likeness (QED) is 0.295. The first kappa shape index (κ1) is 23.6. The van der Waals surface area contributed by atoms with Crippen molar-refractivity contribution in [1.82, 2.24) is 24.5 Å². The molecule has 0 bridgehead atoms. The second-order valence-electron chi connectivity index (χ2n) is 8.61. The van der Waals surface area contributed by atoms with Crippen molar-refractivity contribution in [3.8, 4) is 28.3 Å². The van der Waals surface area contributed by atoms with Crippen molar-refractivity contribution >= 4 is 23.5 Å². The molecule has 36 heavy (non-hydrogen) atoms. The molecule has 5 aromatic rings. The Kier molecular flexibility index (Phi) is 6.69. The third-order valence-corrected chi connectivity index (χ3v) is 6.71. The Hall–Kier alpha value is -4.17. The van der Waals surface area contributed by atoms with Crippen LogP contribution in [0.5, 0.6) is 0 Å². The lowest BCUT2D eigenvalue weighted by atomic mass is 10.1. The van der Waals surface area contributed by atoms with E-state index >= 15 is 0 Å². The average Bonchev–Trinajstić information content (AvgIpc) is 3.46. The monoisotopic (exact) mass is 494 g/mol. The number of benzene rings is 3. The fraction of sp³-hybridized carbons (Fsp3) is 0.143. The molecule has 8 heteroatoms. The van der Waals surface area contributed by atoms with E-state index in [0.29, 0.717) is 11.0 Å². The number of thioether (sulfide) groups is 1. The number of carbonyl (C=O) groups is 1. The van der Waals surface area contributed by atoms with E-state index in [4.69, 9.17) is 5.10 Å². The Morgan fingerprint density at radius 3 is 2.22 bits per heavy atom. The van der Waals surface area contributed by atoms with Gasteiger partial charge in [-0.1, -0.05) is 77.5 Å². The van der Waals surface area contributed by atoms with Crippen LogP contribution >= 0.6 is 11.8 Å². The molecular formula is C28H26N6OS. The minimum Gasteiger partial charge on any atom is -0.310 e. The van der Waals surface area contributed by atoms with Gasteiger partial charge < -0.3 is 9.88 Å². The van der Waals surface area contributed by atoms with E-state index in [0.717, 1.165) is 28.3 Å². The number of para-hydroxylation sites is 1. The largest absolute Gasteiger partial charge is 0.310 e. The van der Waals surface area contributed by atoms with Crippen LogP contribution in [0.4, 0.5) is 5.82 Å². The Labute approximate surface area is 214 Å². The molecule has 0 atom stereocenters. The smallest absolute Gasteiger partial charge is 0.236 e. The van der Waals surface area contributed by atoms with Crippen LogP contribution < -0.4 is 5.32 Å². The molecule has 2 aromatic heterocycles. The zero-order valence-corrected chi connectivity index (χ0v) is 21.2. The number of aryl methyl sites for hydroxylation is 2. The molecule has 0 aliphatic heterocycles. The maximum absolute atomic E-state index is 13.0. The van der Waals surface area contributed by atoms with Crippen molar-refractivity contribution < 1.29 is 4.79 Å². The van der Waals surface area contributed by atoms with E-state index in [-0.39, 0.29) is 11.7 Å². The molecule has 0 unspecified atom stereocenters. The molecule has 3 aromatic carbocycles. The fourth-order valence-corrected chi connectivity index (χ4v) is 4.80. The summed E-state index contributed by atoms with van der Waals surface area (Å²) in [6.45, 7) is 4.14. The number of amides is 1. The zero-order valence-electron chi connectivity index (χ0n) is 20.3. The predicted octanol–water partition coefficient (Wildman–Crippen LogP) is 5.68. The van der Waals surface area contributed by atoms with Gasteiger partial charge in [0.05, 0.1) is 17.1 Å². The lowest BCUT2D eigenvalue weighted by molar-refractivity contribution is -0.113. The van der Waals surface area contributed by atoms with Crippen LogP contribution in [0.25, 0.3) is 28.3 Å². The van der Waals surface area contributed by atoms with E-state index in [9.17, 15) is 4.79 Å². The first-order valence-corrected chi connectivity index (χ1v) is 12.6. The topological polar surface area (TPSA) is 77.6 Å². The van der Waals surface area contributed by atoms with Gasteiger partial charge in [0.1, 0.15) is 5.82 Å². The fourth-order valence-electron chi connectivity index (χ4n) is 4.09. The first-order valence-electron chi connectivity index (χ1n) is 11.6. The van der Waals surface area contributed by atoms with Gasteiger partial charge >= 0.3 is 0 Å². The lowest BCUT2D eigenvalue weighted by Crippen LogP contribution is -2.17. The molecule has 5 rings (SSSR count). The van der Waals surface area contributed by atoms with Crippen LogP contribution in [0.3, 0.4) is 0 Å². The van der Waals surface area contributed by atoms with Crippen LogP contribution in [0.15, 0.2) is 90.1 Å². The minimum absolute atomic E-state index is 0.145. The summed E-state index contributed by atoms with van der Waals surface area (Å²) in [5.74, 6) is 1.43. The maximum Gasteiger partial charge on any atom is 0.236 e. The van der Waals surface area contributed by atoms with Crippen molar-refractivity contribution in [1.29, 1.82) is 0 Å². The van der Waals surface area contributed by atoms with Gasteiger partial charge in [-0.05, 0) is 38.1 Å². The Balaban J connectivity index is 1.36. The molecule has 0 aliphatic carbocycles. The molecule has 0 radical (unpaired) electrons. The van der Waals surface area contributed by atoms with Gasteiger partial charge in [-0.25, -0.2) is 4.68 Å². The number of aromatic nitrogens is 5. The van der Waals surface area contributed by atoms with E-state index in [1.165, 1.54) is 22.9 Å². The highest BCUT2D eigenvalue weighted by Crippen LogP contribution is 2.27. The van der Waals surface area contributed by atoms with Crippen LogP contribution in [-0.2, 0) is 11.8 Å². The van der Waals surface area contributed by atoms with Gasteiger partial charge in [0.15, 0.2) is 11.0 Å². The number of nitrogens with one attached hydrogen (secondary N) is 1. The molecule has 0 fully saturated rings. The molecule has 1 amide bonds. The van der Waals surface area contributed by atoms with Crippen LogP contribution in [0.2, 0.25) is 0 Å². The summed E-state index contributed by atoms with van der Waals surface area (Å²) in [7, 11) is 1.91. The maximum atomic E-state index is 13.0. The highest BCUT2D eigenvalue weighted by molar-refractivity contribution is 7.99. The van der Waals surface area contributed by atoms with Gasteiger partial charge in [0.2, 0.25) is 5.91 Å². The molecule has 0 saturated heterocycles. The predicted molar refractivity (Wildman–Crippen MR) is 144 cm³/mol. The summed E-state index contributed by atoms with van der Waals surface area (Å²) >= 11 is 1.35. The summed E-state index contributed by atoms with van der Waals surface area (Å²) in [6.07, 6.45) is 0. The van der Waals surface area contributed by atoms with Crippen molar-refractivity contribution in [2.45, 2.75) is 19.0 Å². The normalized spacial score (nSPS) is 11.0. The number of hydrogen-bond acceptors (Lipinski definition) is 5. The number of rotatable bonds is 7. The molecule has 0 aliphatic rings.